The first kappa shape index (κ1) is 17.5. The van der Waals surface area contributed by atoms with Crippen LogP contribution in [0.4, 0.5) is 0 Å². The second-order valence-corrected chi connectivity index (χ2v) is 8.55. The minimum Gasteiger partial charge on any atom is -0.310 e. The zero-order valence-corrected chi connectivity index (χ0v) is 16.5. The van der Waals surface area contributed by atoms with Crippen molar-refractivity contribution in [2.75, 3.05) is 6.54 Å². The monoisotopic (exact) mass is 415 g/mol. The standard InChI is InChI=1S/C18H27Br2N/c1-4-7-21-18(14-9-12(2)8-13(3)10-14)16-11-15(19)5-6-17(16)20/h5-6,11-14,18,21H,4,7-10H2,1-3H3. The highest BCUT2D eigenvalue weighted by Crippen LogP contribution is 2.42. The number of hydrogen-bond donors (Lipinski definition) is 1. The van der Waals surface area contributed by atoms with Crippen molar-refractivity contribution >= 4 is 31.9 Å². The second-order valence-electron chi connectivity index (χ2n) is 6.78. The van der Waals surface area contributed by atoms with Crippen molar-refractivity contribution < 1.29 is 0 Å². The average molecular weight is 417 g/mol. The number of benzene rings is 1. The molecule has 1 aromatic rings. The Hall–Kier alpha value is 0.140. The van der Waals surface area contributed by atoms with Crippen molar-refractivity contribution in [3.8, 4) is 0 Å². The van der Waals surface area contributed by atoms with E-state index in [0.717, 1.165) is 24.3 Å². The van der Waals surface area contributed by atoms with Gasteiger partial charge in [0.1, 0.15) is 0 Å². The van der Waals surface area contributed by atoms with E-state index in [1.807, 2.05) is 0 Å². The topological polar surface area (TPSA) is 12.0 Å². The van der Waals surface area contributed by atoms with Crippen LogP contribution in [0.2, 0.25) is 0 Å². The fourth-order valence-electron chi connectivity index (χ4n) is 3.86. The Labute approximate surface area is 146 Å². The molecule has 0 bridgehead atoms. The molecule has 1 aromatic carbocycles. The number of halogens is 2. The van der Waals surface area contributed by atoms with Gasteiger partial charge in [0.25, 0.3) is 0 Å². The highest BCUT2D eigenvalue weighted by Gasteiger charge is 2.31. The van der Waals surface area contributed by atoms with Gasteiger partial charge in [-0.05, 0) is 73.7 Å². The summed E-state index contributed by atoms with van der Waals surface area (Å²) in [6.07, 6.45) is 5.24. The van der Waals surface area contributed by atoms with Crippen LogP contribution in [0.15, 0.2) is 27.1 Å². The van der Waals surface area contributed by atoms with Crippen LogP contribution in [-0.4, -0.2) is 6.54 Å². The Kier molecular flexibility index (Phi) is 6.77. The van der Waals surface area contributed by atoms with E-state index in [1.54, 1.807) is 0 Å². The summed E-state index contributed by atoms with van der Waals surface area (Å²) < 4.78 is 2.39. The average Bonchev–Trinajstić information content (AvgIpc) is 2.42. The molecule has 3 heteroatoms. The summed E-state index contributed by atoms with van der Waals surface area (Å²) in [5, 5.41) is 3.81. The summed E-state index contributed by atoms with van der Waals surface area (Å²) in [6.45, 7) is 8.15. The van der Waals surface area contributed by atoms with E-state index in [9.17, 15) is 0 Å². The van der Waals surface area contributed by atoms with Crippen molar-refractivity contribution in [1.29, 1.82) is 0 Å². The van der Waals surface area contributed by atoms with E-state index < -0.39 is 0 Å². The van der Waals surface area contributed by atoms with Gasteiger partial charge in [-0.2, -0.15) is 0 Å². The number of nitrogens with one attached hydrogen (secondary N) is 1. The lowest BCUT2D eigenvalue weighted by molar-refractivity contribution is 0.176. The third-order valence-corrected chi connectivity index (χ3v) is 5.81. The molecular formula is C18H27Br2N. The van der Waals surface area contributed by atoms with Gasteiger partial charge in [0.05, 0.1) is 0 Å². The van der Waals surface area contributed by atoms with E-state index >= 15 is 0 Å². The Bertz CT molecular complexity index is 451. The molecule has 0 spiro atoms. The van der Waals surface area contributed by atoms with E-state index in [0.29, 0.717) is 6.04 Å². The SMILES string of the molecule is CCCNC(c1cc(Br)ccc1Br)C1CC(C)CC(C)C1. The summed E-state index contributed by atoms with van der Waals surface area (Å²) >= 11 is 7.39. The summed E-state index contributed by atoms with van der Waals surface area (Å²) in [6, 6.07) is 7.01. The first-order valence-electron chi connectivity index (χ1n) is 8.19. The predicted molar refractivity (Wildman–Crippen MR) is 98.5 cm³/mol. The number of rotatable bonds is 5. The van der Waals surface area contributed by atoms with Crippen LogP contribution in [0, 0.1) is 17.8 Å². The second kappa shape index (κ2) is 8.12. The molecule has 0 amide bonds. The summed E-state index contributed by atoms with van der Waals surface area (Å²) in [5.41, 5.74) is 1.41. The molecule has 2 rings (SSSR count). The molecule has 0 aromatic heterocycles. The normalized spacial score (nSPS) is 27.6. The van der Waals surface area contributed by atoms with Gasteiger partial charge in [-0.25, -0.2) is 0 Å². The lowest BCUT2D eigenvalue weighted by atomic mass is 9.72. The predicted octanol–water partition coefficient (Wildman–Crippen LogP) is 6.32. The smallest absolute Gasteiger partial charge is 0.0360 e. The fourth-order valence-corrected chi connectivity index (χ4v) is 4.74. The Morgan fingerprint density at radius 1 is 1.14 bits per heavy atom. The van der Waals surface area contributed by atoms with E-state index in [2.05, 4.69) is 76.1 Å². The molecule has 0 aliphatic heterocycles. The summed E-state index contributed by atoms with van der Waals surface area (Å²) in [7, 11) is 0. The van der Waals surface area contributed by atoms with Crippen LogP contribution >= 0.6 is 31.9 Å². The van der Waals surface area contributed by atoms with Crippen LogP contribution < -0.4 is 5.32 Å². The van der Waals surface area contributed by atoms with Crippen molar-refractivity contribution in [2.45, 2.75) is 52.5 Å². The maximum atomic E-state index is 3.81. The van der Waals surface area contributed by atoms with Crippen LogP contribution in [0.25, 0.3) is 0 Å². The Morgan fingerprint density at radius 2 is 1.81 bits per heavy atom. The third kappa shape index (κ3) is 4.80. The van der Waals surface area contributed by atoms with Gasteiger partial charge < -0.3 is 5.32 Å². The molecule has 3 unspecified atom stereocenters. The quantitative estimate of drug-likeness (QED) is 0.591. The summed E-state index contributed by atoms with van der Waals surface area (Å²) in [4.78, 5) is 0. The maximum absolute atomic E-state index is 3.81. The summed E-state index contributed by atoms with van der Waals surface area (Å²) in [5.74, 6) is 2.42. The van der Waals surface area contributed by atoms with Crippen LogP contribution in [0.3, 0.4) is 0 Å². The minimum atomic E-state index is 0.460. The third-order valence-electron chi connectivity index (χ3n) is 4.59. The minimum absolute atomic E-state index is 0.460. The molecular weight excluding hydrogens is 390 g/mol. The Balaban J connectivity index is 2.26. The lowest BCUT2D eigenvalue weighted by Gasteiger charge is -2.37. The van der Waals surface area contributed by atoms with Gasteiger partial charge in [-0.1, -0.05) is 52.6 Å². The van der Waals surface area contributed by atoms with Crippen molar-refractivity contribution in [2.24, 2.45) is 17.8 Å². The van der Waals surface area contributed by atoms with Crippen molar-refractivity contribution in [3.05, 3.63) is 32.7 Å². The maximum Gasteiger partial charge on any atom is 0.0360 e. The highest BCUT2D eigenvalue weighted by atomic mass is 79.9. The molecule has 1 saturated carbocycles. The molecule has 1 aliphatic rings. The van der Waals surface area contributed by atoms with Gasteiger partial charge in [0.2, 0.25) is 0 Å². The van der Waals surface area contributed by atoms with Gasteiger partial charge >= 0.3 is 0 Å². The van der Waals surface area contributed by atoms with E-state index in [4.69, 9.17) is 0 Å². The zero-order valence-electron chi connectivity index (χ0n) is 13.3. The van der Waals surface area contributed by atoms with Crippen LogP contribution in [-0.2, 0) is 0 Å². The molecule has 1 N–H and O–H groups in total. The van der Waals surface area contributed by atoms with Crippen LogP contribution in [0.5, 0.6) is 0 Å². The van der Waals surface area contributed by atoms with E-state index in [1.165, 1.54) is 40.2 Å². The first-order valence-corrected chi connectivity index (χ1v) is 9.78. The van der Waals surface area contributed by atoms with Gasteiger partial charge in [-0.15, -0.1) is 0 Å². The van der Waals surface area contributed by atoms with E-state index in [-0.39, 0.29) is 0 Å². The number of hydrogen-bond acceptors (Lipinski definition) is 1. The molecule has 1 nitrogen and oxygen atoms in total. The van der Waals surface area contributed by atoms with Gasteiger partial charge in [0.15, 0.2) is 0 Å². The first-order chi connectivity index (χ1) is 10.0. The molecule has 3 atom stereocenters. The molecule has 1 aliphatic carbocycles. The molecule has 0 radical (unpaired) electrons. The van der Waals surface area contributed by atoms with Crippen molar-refractivity contribution in [1.82, 2.24) is 5.32 Å². The molecule has 118 valence electrons. The van der Waals surface area contributed by atoms with Gasteiger partial charge in [0, 0.05) is 15.0 Å². The molecule has 0 saturated heterocycles. The molecule has 0 heterocycles. The largest absolute Gasteiger partial charge is 0.310 e. The van der Waals surface area contributed by atoms with Crippen LogP contribution in [0.1, 0.15) is 58.1 Å². The lowest BCUT2D eigenvalue weighted by Crippen LogP contribution is -2.34. The fraction of sp³-hybridized carbons (Fsp3) is 0.667. The molecule has 1 fully saturated rings. The van der Waals surface area contributed by atoms with Gasteiger partial charge in [-0.3, -0.25) is 0 Å². The molecule has 21 heavy (non-hydrogen) atoms. The highest BCUT2D eigenvalue weighted by molar-refractivity contribution is 9.11. The zero-order chi connectivity index (χ0) is 15.4. The van der Waals surface area contributed by atoms with Crippen molar-refractivity contribution in [3.63, 3.8) is 0 Å². The Morgan fingerprint density at radius 3 is 2.43 bits per heavy atom.